The van der Waals surface area contributed by atoms with Gasteiger partial charge in [-0.1, -0.05) is 23.2 Å². The minimum atomic E-state index is -4.05. The summed E-state index contributed by atoms with van der Waals surface area (Å²) in [6.45, 7) is -0.498. The van der Waals surface area contributed by atoms with E-state index in [-0.39, 0.29) is 25.5 Å². The van der Waals surface area contributed by atoms with Crippen molar-refractivity contribution in [3.05, 3.63) is 52.5 Å². The van der Waals surface area contributed by atoms with Crippen LogP contribution in [0.2, 0.25) is 10.0 Å². The van der Waals surface area contributed by atoms with E-state index in [4.69, 9.17) is 28.3 Å². The molecule has 146 valence electrons. The van der Waals surface area contributed by atoms with Crippen molar-refractivity contribution in [3.8, 4) is 0 Å². The molecular weight excluding hydrogens is 437 g/mol. The first-order chi connectivity index (χ1) is 12.4. The summed E-state index contributed by atoms with van der Waals surface area (Å²) < 4.78 is 48.4. The van der Waals surface area contributed by atoms with Crippen LogP contribution in [-0.2, 0) is 24.8 Å². The number of nitrogens with zero attached hydrogens (tertiary/aromatic N) is 1. The highest BCUT2D eigenvalue weighted by Gasteiger charge is 2.25. The zero-order chi connectivity index (χ0) is 20.4. The minimum absolute atomic E-state index is 0.0229. The first-order valence-electron chi connectivity index (χ1n) is 7.25. The average Bonchev–Trinajstić information content (AvgIpc) is 2.56. The number of carbonyl (C=O) groups is 1. The van der Waals surface area contributed by atoms with Gasteiger partial charge >= 0.3 is 0 Å². The zero-order valence-corrected chi connectivity index (χ0v) is 17.0. The van der Waals surface area contributed by atoms with Crippen molar-refractivity contribution < 1.29 is 21.6 Å². The number of benzene rings is 2. The lowest BCUT2D eigenvalue weighted by molar-refractivity contribution is -0.116. The third-order valence-corrected chi connectivity index (χ3v) is 6.86. The van der Waals surface area contributed by atoms with E-state index in [1.54, 1.807) is 0 Å². The van der Waals surface area contributed by atoms with Crippen molar-refractivity contribution >= 4 is 54.8 Å². The molecule has 0 aliphatic carbocycles. The zero-order valence-electron chi connectivity index (χ0n) is 13.9. The van der Waals surface area contributed by atoms with Crippen LogP contribution in [0.5, 0.6) is 0 Å². The van der Waals surface area contributed by atoms with Crippen molar-refractivity contribution in [2.45, 2.75) is 9.79 Å². The molecule has 0 radical (unpaired) electrons. The maximum atomic E-state index is 12.6. The number of amides is 1. The third kappa shape index (κ3) is 5.41. The molecule has 8 nitrogen and oxygen atoms in total. The van der Waals surface area contributed by atoms with Gasteiger partial charge in [-0.15, -0.1) is 0 Å². The number of nitrogens with two attached hydrogens (primary N) is 1. The van der Waals surface area contributed by atoms with Crippen molar-refractivity contribution in [1.29, 1.82) is 0 Å². The molecule has 2 aromatic rings. The monoisotopic (exact) mass is 451 g/mol. The third-order valence-electron chi connectivity index (χ3n) is 3.41. The molecule has 0 saturated carbocycles. The Balaban J connectivity index is 2.12. The Morgan fingerprint density at radius 3 is 2.22 bits per heavy atom. The number of primary sulfonamides is 1. The summed E-state index contributed by atoms with van der Waals surface area (Å²) in [7, 11) is -6.68. The summed E-state index contributed by atoms with van der Waals surface area (Å²) in [6, 6.07) is 9.09. The fraction of sp³-hybridized carbons (Fsp3) is 0.133. The van der Waals surface area contributed by atoms with Crippen LogP contribution in [0.25, 0.3) is 0 Å². The number of rotatable bonds is 6. The van der Waals surface area contributed by atoms with Crippen LogP contribution >= 0.6 is 23.2 Å². The topological polar surface area (TPSA) is 127 Å². The molecule has 0 atom stereocenters. The Hall–Kier alpha value is -1.69. The molecule has 3 N–H and O–H groups in total. The normalized spacial score (nSPS) is 12.2. The van der Waals surface area contributed by atoms with E-state index < -0.39 is 32.5 Å². The molecule has 2 aromatic carbocycles. The fourth-order valence-electron chi connectivity index (χ4n) is 2.06. The number of carbonyl (C=O) groups excluding carboxylic acids is 1. The molecule has 0 aliphatic rings. The number of sulfonamides is 2. The Bertz CT molecular complexity index is 1070. The van der Waals surface area contributed by atoms with Gasteiger partial charge in [0, 0.05) is 17.8 Å². The van der Waals surface area contributed by atoms with Crippen LogP contribution in [0.3, 0.4) is 0 Å². The van der Waals surface area contributed by atoms with Crippen LogP contribution in [0.4, 0.5) is 5.69 Å². The van der Waals surface area contributed by atoms with Crippen LogP contribution in [0.1, 0.15) is 0 Å². The Labute approximate surface area is 167 Å². The van der Waals surface area contributed by atoms with Crippen molar-refractivity contribution in [3.63, 3.8) is 0 Å². The summed E-state index contributed by atoms with van der Waals surface area (Å²) in [6.07, 6.45) is 0. The van der Waals surface area contributed by atoms with E-state index in [9.17, 15) is 21.6 Å². The molecule has 0 fully saturated rings. The number of hydrogen-bond acceptors (Lipinski definition) is 5. The molecule has 27 heavy (non-hydrogen) atoms. The molecular formula is C15H15Cl2N3O5S2. The summed E-state index contributed by atoms with van der Waals surface area (Å²) in [5.41, 5.74) is 0.277. The Kier molecular flexibility index (Phi) is 6.51. The standard InChI is InChI=1S/C15H15Cl2N3O5S2/c1-20(27(24,25)14-8-10(16)2-7-13(14)17)9-15(21)19-11-3-5-12(6-4-11)26(18,22)23/h2-8H,9H2,1H3,(H,19,21)(H2,18,22,23). The van der Waals surface area contributed by atoms with E-state index in [0.29, 0.717) is 0 Å². The predicted octanol–water partition coefficient (Wildman–Crippen LogP) is 1.90. The SMILES string of the molecule is CN(CC(=O)Nc1ccc(S(N)(=O)=O)cc1)S(=O)(=O)c1cc(Cl)ccc1Cl. The second-order valence-electron chi connectivity index (χ2n) is 5.45. The van der Waals surface area contributed by atoms with Crippen molar-refractivity contribution in [2.75, 3.05) is 18.9 Å². The second kappa shape index (κ2) is 8.13. The molecule has 0 aromatic heterocycles. The van der Waals surface area contributed by atoms with Crippen LogP contribution in [0, 0.1) is 0 Å². The molecule has 0 bridgehead atoms. The van der Waals surface area contributed by atoms with Gasteiger partial charge in [0.15, 0.2) is 0 Å². The molecule has 1 amide bonds. The molecule has 2 rings (SSSR count). The van der Waals surface area contributed by atoms with Crippen LogP contribution in [-0.4, -0.2) is 40.6 Å². The fourth-order valence-corrected chi connectivity index (χ4v) is 4.43. The van der Waals surface area contributed by atoms with Gasteiger partial charge < -0.3 is 5.32 Å². The van der Waals surface area contributed by atoms with E-state index >= 15 is 0 Å². The lowest BCUT2D eigenvalue weighted by Gasteiger charge is -2.18. The van der Waals surface area contributed by atoms with E-state index in [1.807, 2.05) is 0 Å². The molecule has 0 spiro atoms. The number of anilines is 1. The van der Waals surface area contributed by atoms with Gasteiger partial charge in [-0.25, -0.2) is 22.0 Å². The molecule has 12 heteroatoms. The first kappa shape index (κ1) is 21.6. The van der Waals surface area contributed by atoms with Crippen molar-refractivity contribution in [1.82, 2.24) is 4.31 Å². The lowest BCUT2D eigenvalue weighted by Crippen LogP contribution is -2.35. The van der Waals surface area contributed by atoms with Gasteiger partial charge in [-0.3, -0.25) is 4.79 Å². The smallest absolute Gasteiger partial charge is 0.244 e. The van der Waals surface area contributed by atoms with Gasteiger partial charge in [0.05, 0.1) is 16.5 Å². The highest BCUT2D eigenvalue weighted by molar-refractivity contribution is 7.89. The molecule has 0 heterocycles. The van der Waals surface area contributed by atoms with Crippen LogP contribution < -0.4 is 10.5 Å². The summed E-state index contributed by atoms with van der Waals surface area (Å²) >= 11 is 11.7. The summed E-state index contributed by atoms with van der Waals surface area (Å²) in [5, 5.41) is 7.62. The second-order valence-corrected chi connectivity index (χ2v) is 9.87. The molecule has 0 saturated heterocycles. The summed E-state index contributed by atoms with van der Waals surface area (Å²) in [4.78, 5) is 11.8. The Morgan fingerprint density at radius 1 is 1.07 bits per heavy atom. The lowest BCUT2D eigenvalue weighted by atomic mass is 10.3. The minimum Gasteiger partial charge on any atom is -0.325 e. The number of likely N-dealkylation sites (N-methyl/N-ethyl adjacent to an activating group) is 1. The number of nitrogens with one attached hydrogen (secondary N) is 1. The first-order valence-corrected chi connectivity index (χ1v) is 11.0. The van der Waals surface area contributed by atoms with Gasteiger partial charge in [0.2, 0.25) is 26.0 Å². The van der Waals surface area contributed by atoms with Crippen molar-refractivity contribution in [2.24, 2.45) is 5.14 Å². The Morgan fingerprint density at radius 2 is 1.67 bits per heavy atom. The number of hydrogen-bond donors (Lipinski definition) is 2. The van der Waals surface area contributed by atoms with E-state index in [1.165, 1.54) is 49.5 Å². The summed E-state index contributed by atoms with van der Waals surface area (Å²) in [5.74, 6) is -0.636. The maximum Gasteiger partial charge on any atom is 0.244 e. The molecule has 0 aliphatic heterocycles. The van der Waals surface area contributed by atoms with Gasteiger partial charge in [-0.05, 0) is 42.5 Å². The van der Waals surface area contributed by atoms with Gasteiger partial charge in [0.1, 0.15) is 4.90 Å². The van der Waals surface area contributed by atoms with Crippen LogP contribution in [0.15, 0.2) is 52.3 Å². The maximum absolute atomic E-state index is 12.6. The molecule has 0 unspecified atom stereocenters. The quantitative estimate of drug-likeness (QED) is 0.692. The van der Waals surface area contributed by atoms with Gasteiger partial charge in [-0.2, -0.15) is 4.31 Å². The van der Waals surface area contributed by atoms with E-state index in [0.717, 1.165) is 4.31 Å². The average molecular weight is 452 g/mol. The van der Waals surface area contributed by atoms with E-state index in [2.05, 4.69) is 5.32 Å². The highest BCUT2D eigenvalue weighted by Crippen LogP contribution is 2.27. The van der Waals surface area contributed by atoms with Gasteiger partial charge in [0.25, 0.3) is 0 Å². The highest BCUT2D eigenvalue weighted by atomic mass is 35.5. The number of halogens is 2. The largest absolute Gasteiger partial charge is 0.325 e. The predicted molar refractivity (Wildman–Crippen MR) is 103 cm³/mol.